The summed E-state index contributed by atoms with van der Waals surface area (Å²) in [4.78, 5) is 17.1. The molecule has 0 saturated carbocycles. The smallest absolute Gasteiger partial charge is 0.220 e. The van der Waals surface area contributed by atoms with Crippen molar-refractivity contribution >= 4 is 11.6 Å². The maximum atomic E-state index is 13.6. The number of benzene rings is 2. The van der Waals surface area contributed by atoms with E-state index in [0.717, 1.165) is 28.3 Å². The highest BCUT2D eigenvalue weighted by Gasteiger charge is 2.15. The second kappa shape index (κ2) is 9.18. The fourth-order valence-electron chi connectivity index (χ4n) is 3.85. The van der Waals surface area contributed by atoms with Crippen LogP contribution in [0.15, 0.2) is 54.6 Å². The number of para-hydroxylation sites is 1. The van der Waals surface area contributed by atoms with Gasteiger partial charge in [-0.3, -0.25) is 4.79 Å². The van der Waals surface area contributed by atoms with E-state index in [-0.39, 0.29) is 11.7 Å². The van der Waals surface area contributed by atoms with Crippen molar-refractivity contribution in [2.45, 2.75) is 33.2 Å². The van der Waals surface area contributed by atoms with Gasteiger partial charge in [-0.05, 0) is 44.0 Å². The zero-order valence-corrected chi connectivity index (χ0v) is 18.4. The molecule has 2 heterocycles. The van der Waals surface area contributed by atoms with Crippen molar-refractivity contribution < 1.29 is 13.9 Å². The third-order valence-electron chi connectivity index (χ3n) is 5.55. The average molecular weight is 432 g/mol. The Morgan fingerprint density at radius 3 is 2.72 bits per heavy atom. The van der Waals surface area contributed by atoms with E-state index in [1.807, 2.05) is 50.2 Å². The van der Waals surface area contributed by atoms with E-state index in [2.05, 4.69) is 15.4 Å². The Balaban J connectivity index is 1.48. The molecule has 0 atom stereocenters. The summed E-state index contributed by atoms with van der Waals surface area (Å²) in [5.74, 6) is 0.401. The number of aromatic nitrogens is 3. The molecule has 32 heavy (non-hydrogen) atoms. The predicted molar refractivity (Wildman–Crippen MR) is 121 cm³/mol. The predicted octanol–water partition coefficient (Wildman–Crippen LogP) is 4.41. The van der Waals surface area contributed by atoms with Gasteiger partial charge in [-0.2, -0.15) is 5.10 Å². The first-order valence-electron chi connectivity index (χ1n) is 10.5. The van der Waals surface area contributed by atoms with Crippen LogP contribution in [0, 0.1) is 19.7 Å². The highest BCUT2D eigenvalue weighted by molar-refractivity contribution is 5.76. The van der Waals surface area contributed by atoms with Crippen molar-refractivity contribution in [1.29, 1.82) is 0 Å². The number of halogens is 1. The van der Waals surface area contributed by atoms with Gasteiger partial charge in [0.15, 0.2) is 5.65 Å². The van der Waals surface area contributed by atoms with Crippen LogP contribution < -0.4 is 10.1 Å². The van der Waals surface area contributed by atoms with Gasteiger partial charge in [0.1, 0.15) is 11.6 Å². The van der Waals surface area contributed by atoms with Gasteiger partial charge in [0.25, 0.3) is 0 Å². The third kappa shape index (κ3) is 4.46. The van der Waals surface area contributed by atoms with Crippen LogP contribution in [0.4, 0.5) is 4.39 Å². The molecule has 2 aromatic carbocycles. The molecule has 0 fully saturated rings. The second-order valence-corrected chi connectivity index (χ2v) is 7.66. The summed E-state index contributed by atoms with van der Waals surface area (Å²) in [6, 6.07) is 15.8. The largest absolute Gasteiger partial charge is 0.496 e. The molecular weight excluding hydrogens is 407 g/mol. The molecule has 0 radical (unpaired) electrons. The van der Waals surface area contributed by atoms with Crippen molar-refractivity contribution in [2.24, 2.45) is 0 Å². The minimum absolute atomic E-state index is 0.0456. The molecule has 0 unspecified atom stereocenters. The number of carbonyl (C=O) groups is 1. The molecule has 0 bridgehead atoms. The van der Waals surface area contributed by atoms with Crippen molar-refractivity contribution in [2.75, 3.05) is 7.11 Å². The van der Waals surface area contributed by atoms with Gasteiger partial charge in [0.05, 0.1) is 12.8 Å². The Morgan fingerprint density at radius 2 is 1.94 bits per heavy atom. The molecule has 4 rings (SSSR count). The summed E-state index contributed by atoms with van der Waals surface area (Å²) in [5, 5.41) is 7.57. The number of hydrogen-bond donors (Lipinski definition) is 1. The zero-order valence-electron chi connectivity index (χ0n) is 18.4. The summed E-state index contributed by atoms with van der Waals surface area (Å²) >= 11 is 0. The number of nitrogens with zero attached hydrogens (tertiary/aromatic N) is 3. The summed E-state index contributed by atoms with van der Waals surface area (Å²) in [6.45, 7) is 4.31. The molecule has 164 valence electrons. The number of fused-ring (bicyclic) bond motifs is 1. The van der Waals surface area contributed by atoms with Crippen LogP contribution >= 0.6 is 0 Å². The maximum absolute atomic E-state index is 13.6. The SMILES string of the molecule is COc1ccccc1CNC(=O)CCc1c(C)nc2cc(-c3cccc(F)c3)nn2c1C. The van der Waals surface area contributed by atoms with Gasteiger partial charge in [0.2, 0.25) is 5.91 Å². The van der Waals surface area contributed by atoms with E-state index in [9.17, 15) is 9.18 Å². The molecule has 0 spiro atoms. The van der Waals surface area contributed by atoms with Crippen LogP contribution in [0.3, 0.4) is 0 Å². The first-order chi connectivity index (χ1) is 15.5. The molecule has 2 aromatic heterocycles. The topological polar surface area (TPSA) is 68.5 Å². The number of carbonyl (C=O) groups excluding carboxylic acids is 1. The monoisotopic (exact) mass is 432 g/mol. The molecule has 0 aliphatic rings. The van der Waals surface area contributed by atoms with Gasteiger partial charge in [0, 0.05) is 41.5 Å². The Kier molecular flexibility index (Phi) is 6.16. The lowest BCUT2D eigenvalue weighted by Gasteiger charge is -2.12. The lowest BCUT2D eigenvalue weighted by Crippen LogP contribution is -2.23. The number of hydrogen-bond acceptors (Lipinski definition) is 4. The molecule has 1 N–H and O–H groups in total. The van der Waals surface area contributed by atoms with Gasteiger partial charge < -0.3 is 10.1 Å². The van der Waals surface area contributed by atoms with Crippen LogP contribution in [0.25, 0.3) is 16.9 Å². The van der Waals surface area contributed by atoms with Crippen LogP contribution in [-0.4, -0.2) is 27.6 Å². The van der Waals surface area contributed by atoms with Gasteiger partial charge in [-0.25, -0.2) is 13.9 Å². The van der Waals surface area contributed by atoms with E-state index in [0.29, 0.717) is 36.3 Å². The van der Waals surface area contributed by atoms with Crippen LogP contribution in [-0.2, 0) is 17.8 Å². The second-order valence-electron chi connectivity index (χ2n) is 7.66. The molecule has 7 heteroatoms. The average Bonchev–Trinajstić information content (AvgIpc) is 3.22. The van der Waals surface area contributed by atoms with Crippen molar-refractivity contribution in [1.82, 2.24) is 19.9 Å². The van der Waals surface area contributed by atoms with E-state index in [1.54, 1.807) is 17.7 Å². The Labute approximate surface area is 186 Å². The number of methoxy groups -OCH3 is 1. The number of nitrogens with one attached hydrogen (secondary N) is 1. The molecular formula is C25H25FN4O2. The molecule has 0 saturated heterocycles. The summed E-state index contributed by atoms with van der Waals surface area (Å²) < 4.78 is 20.7. The van der Waals surface area contributed by atoms with E-state index >= 15 is 0 Å². The minimum atomic E-state index is -0.305. The van der Waals surface area contributed by atoms with Crippen LogP contribution in [0.1, 0.15) is 28.9 Å². The maximum Gasteiger partial charge on any atom is 0.220 e. The summed E-state index contributed by atoms with van der Waals surface area (Å²) in [5.41, 5.74) is 5.75. The standard InChI is InChI=1S/C25H25FN4O2/c1-16-21(11-12-25(31)27-15-19-7-4-5-10-23(19)32-3)17(2)30-24(28-16)14-22(29-30)18-8-6-9-20(26)13-18/h4-10,13-14H,11-12,15H2,1-3H3,(H,27,31). The lowest BCUT2D eigenvalue weighted by molar-refractivity contribution is -0.121. The zero-order chi connectivity index (χ0) is 22.7. The number of ether oxygens (including phenoxy) is 1. The van der Waals surface area contributed by atoms with Crippen LogP contribution in [0.5, 0.6) is 5.75 Å². The number of rotatable bonds is 7. The van der Waals surface area contributed by atoms with E-state index < -0.39 is 0 Å². The van der Waals surface area contributed by atoms with E-state index in [4.69, 9.17) is 4.74 Å². The normalized spacial score (nSPS) is 11.0. The minimum Gasteiger partial charge on any atom is -0.496 e. The highest BCUT2D eigenvalue weighted by atomic mass is 19.1. The van der Waals surface area contributed by atoms with E-state index in [1.165, 1.54) is 12.1 Å². The molecule has 4 aromatic rings. The third-order valence-corrected chi connectivity index (χ3v) is 5.55. The number of amides is 1. The van der Waals surface area contributed by atoms with Gasteiger partial charge in [-0.1, -0.05) is 30.3 Å². The first-order valence-corrected chi connectivity index (χ1v) is 10.5. The van der Waals surface area contributed by atoms with Crippen molar-refractivity contribution in [3.63, 3.8) is 0 Å². The highest BCUT2D eigenvalue weighted by Crippen LogP contribution is 2.23. The Bertz CT molecular complexity index is 1280. The fraction of sp³-hybridized carbons (Fsp3) is 0.240. The molecule has 1 amide bonds. The Hall–Kier alpha value is -3.74. The number of aryl methyl sites for hydroxylation is 2. The summed E-state index contributed by atoms with van der Waals surface area (Å²) in [6.07, 6.45) is 0.884. The molecule has 0 aliphatic carbocycles. The van der Waals surface area contributed by atoms with Gasteiger partial charge >= 0.3 is 0 Å². The quantitative estimate of drug-likeness (QED) is 0.470. The molecule has 6 nitrogen and oxygen atoms in total. The lowest BCUT2D eigenvalue weighted by atomic mass is 10.1. The Morgan fingerprint density at radius 1 is 1.12 bits per heavy atom. The first kappa shape index (κ1) is 21.5. The summed E-state index contributed by atoms with van der Waals surface area (Å²) in [7, 11) is 1.62. The van der Waals surface area contributed by atoms with Crippen LogP contribution in [0.2, 0.25) is 0 Å². The van der Waals surface area contributed by atoms with Crippen molar-refractivity contribution in [3.05, 3.63) is 82.9 Å². The van der Waals surface area contributed by atoms with Gasteiger partial charge in [-0.15, -0.1) is 0 Å². The molecule has 0 aliphatic heterocycles. The van der Waals surface area contributed by atoms with Crippen molar-refractivity contribution in [3.8, 4) is 17.0 Å². The fourth-order valence-corrected chi connectivity index (χ4v) is 3.85.